The maximum Gasteiger partial charge on any atom is 0.207 e. The molecule has 0 saturated heterocycles. The molecule has 0 bridgehead atoms. The van der Waals surface area contributed by atoms with E-state index in [0.717, 1.165) is 24.6 Å². The van der Waals surface area contributed by atoms with E-state index in [2.05, 4.69) is 28.0 Å². The van der Waals surface area contributed by atoms with Crippen LogP contribution in [-0.2, 0) is 6.54 Å². The number of anilines is 2. The first-order valence-electron chi connectivity index (χ1n) is 6.15. The van der Waals surface area contributed by atoms with E-state index in [-0.39, 0.29) is 0 Å². The fraction of sp³-hybridized carbons (Fsp3) is 0.357. The van der Waals surface area contributed by atoms with Crippen molar-refractivity contribution in [2.24, 2.45) is 0 Å². The third kappa shape index (κ3) is 3.53. The molecule has 3 nitrogen and oxygen atoms in total. The van der Waals surface area contributed by atoms with Gasteiger partial charge < -0.3 is 9.88 Å². The van der Waals surface area contributed by atoms with Crippen LogP contribution in [-0.4, -0.2) is 21.1 Å². The molecule has 2 aromatic rings. The highest BCUT2D eigenvalue weighted by Gasteiger charge is 2.05. The van der Waals surface area contributed by atoms with Crippen molar-refractivity contribution in [2.45, 2.75) is 25.1 Å². The van der Waals surface area contributed by atoms with Crippen LogP contribution in [0, 0.1) is 0 Å². The van der Waals surface area contributed by atoms with Crippen LogP contribution in [0.5, 0.6) is 0 Å². The maximum atomic E-state index is 4.36. The lowest BCUT2D eigenvalue weighted by molar-refractivity contribution is 0.647. The number of thioether (sulfide) groups is 1. The lowest BCUT2D eigenvalue weighted by Crippen LogP contribution is -2.07. The van der Waals surface area contributed by atoms with E-state index >= 15 is 0 Å². The second kappa shape index (κ2) is 6.50. The number of benzene rings is 1. The average Bonchev–Trinajstić information content (AvgIpc) is 2.84. The number of imidazole rings is 1. The first-order valence-corrected chi connectivity index (χ1v) is 7.44. The van der Waals surface area contributed by atoms with Gasteiger partial charge in [-0.15, -0.1) is 0 Å². The Morgan fingerprint density at radius 3 is 2.83 bits per heavy atom. The molecular formula is C14H19N3S. The molecule has 1 aromatic carbocycles. The standard InChI is InChI=1S/C14H19N3S/c1-12(18-2)8-10-17-11-9-15-14(17)16-13-6-4-3-5-7-13/h3-7,9,11-12H,8,10H2,1-2H3,(H,15,16). The van der Waals surface area contributed by atoms with Crippen molar-refractivity contribution in [1.82, 2.24) is 9.55 Å². The van der Waals surface area contributed by atoms with Gasteiger partial charge in [-0.3, -0.25) is 0 Å². The number of aromatic nitrogens is 2. The minimum atomic E-state index is 0.678. The van der Waals surface area contributed by atoms with E-state index in [1.165, 1.54) is 0 Å². The molecule has 1 atom stereocenters. The van der Waals surface area contributed by atoms with Crippen molar-refractivity contribution in [3.63, 3.8) is 0 Å². The van der Waals surface area contributed by atoms with Crippen LogP contribution < -0.4 is 5.32 Å². The minimum absolute atomic E-state index is 0.678. The number of nitrogens with zero attached hydrogens (tertiary/aromatic N) is 2. The SMILES string of the molecule is CSC(C)CCn1ccnc1Nc1ccccc1. The summed E-state index contributed by atoms with van der Waals surface area (Å²) >= 11 is 1.90. The Morgan fingerprint density at radius 1 is 1.33 bits per heavy atom. The molecule has 96 valence electrons. The van der Waals surface area contributed by atoms with E-state index in [9.17, 15) is 0 Å². The Kier molecular flexibility index (Phi) is 4.70. The topological polar surface area (TPSA) is 29.9 Å². The van der Waals surface area contributed by atoms with Gasteiger partial charge in [0.1, 0.15) is 0 Å². The molecule has 1 aromatic heterocycles. The summed E-state index contributed by atoms with van der Waals surface area (Å²) in [5.74, 6) is 0.912. The molecule has 0 aliphatic carbocycles. The molecule has 0 fully saturated rings. The van der Waals surface area contributed by atoms with E-state index in [1.54, 1.807) is 0 Å². The number of para-hydroxylation sites is 1. The van der Waals surface area contributed by atoms with Gasteiger partial charge in [-0.25, -0.2) is 4.98 Å². The van der Waals surface area contributed by atoms with Crippen LogP contribution in [0.4, 0.5) is 11.6 Å². The lowest BCUT2D eigenvalue weighted by atomic mass is 10.3. The summed E-state index contributed by atoms with van der Waals surface area (Å²) in [6, 6.07) is 10.1. The Morgan fingerprint density at radius 2 is 2.11 bits per heavy atom. The quantitative estimate of drug-likeness (QED) is 0.858. The molecule has 0 saturated carbocycles. The van der Waals surface area contributed by atoms with Gasteiger partial charge in [0, 0.05) is 29.9 Å². The van der Waals surface area contributed by atoms with Crippen molar-refractivity contribution in [3.05, 3.63) is 42.7 Å². The van der Waals surface area contributed by atoms with Crippen LogP contribution in [0.2, 0.25) is 0 Å². The summed E-state index contributed by atoms with van der Waals surface area (Å²) in [6.45, 7) is 3.25. The first kappa shape index (κ1) is 13.0. The van der Waals surface area contributed by atoms with Crippen molar-refractivity contribution >= 4 is 23.4 Å². The van der Waals surface area contributed by atoms with Gasteiger partial charge in [-0.2, -0.15) is 11.8 Å². The van der Waals surface area contributed by atoms with Gasteiger partial charge in [0.2, 0.25) is 5.95 Å². The molecule has 4 heteroatoms. The normalized spacial score (nSPS) is 12.3. The highest BCUT2D eigenvalue weighted by Crippen LogP contribution is 2.16. The second-order valence-corrected chi connectivity index (χ2v) is 5.55. The summed E-state index contributed by atoms with van der Waals surface area (Å²) < 4.78 is 2.17. The van der Waals surface area contributed by atoms with Crippen molar-refractivity contribution < 1.29 is 0 Å². The van der Waals surface area contributed by atoms with Crippen LogP contribution in [0.15, 0.2) is 42.7 Å². The summed E-state index contributed by atoms with van der Waals surface area (Å²) in [5.41, 5.74) is 1.07. The fourth-order valence-electron chi connectivity index (χ4n) is 1.70. The number of nitrogens with one attached hydrogen (secondary N) is 1. The van der Waals surface area contributed by atoms with Gasteiger partial charge in [0.05, 0.1) is 0 Å². The van der Waals surface area contributed by atoms with Crippen LogP contribution in [0.25, 0.3) is 0 Å². The summed E-state index contributed by atoms with van der Waals surface area (Å²) in [5, 5.41) is 4.02. The molecular weight excluding hydrogens is 242 g/mol. The van der Waals surface area contributed by atoms with Crippen LogP contribution in [0.3, 0.4) is 0 Å². The molecule has 0 aliphatic rings. The molecule has 1 unspecified atom stereocenters. The van der Waals surface area contributed by atoms with Crippen molar-refractivity contribution in [3.8, 4) is 0 Å². The predicted octanol–water partition coefficient (Wildman–Crippen LogP) is 3.77. The third-order valence-corrected chi connectivity index (χ3v) is 3.96. The molecule has 0 amide bonds. The van der Waals surface area contributed by atoms with E-state index in [0.29, 0.717) is 5.25 Å². The zero-order chi connectivity index (χ0) is 12.8. The summed E-state index contributed by atoms with van der Waals surface area (Å²) in [7, 11) is 0. The molecule has 2 rings (SSSR count). The Bertz CT molecular complexity index is 467. The van der Waals surface area contributed by atoms with Gasteiger partial charge in [0.15, 0.2) is 0 Å². The average molecular weight is 261 g/mol. The second-order valence-electron chi connectivity index (χ2n) is 4.27. The highest BCUT2D eigenvalue weighted by atomic mass is 32.2. The molecule has 0 aliphatic heterocycles. The minimum Gasteiger partial charge on any atom is -0.326 e. The van der Waals surface area contributed by atoms with Crippen LogP contribution in [0.1, 0.15) is 13.3 Å². The molecule has 1 heterocycles. The van der Waals surface area contributed by atoms with Gasteiger partial charge in [-0.1, -0.05) is 25.1 Å². The van der Waals surface area contributed by atoms with Gasteiger partial charge in [-0.05, 0) is 24.8 Å². The Hall–Kier alpha value is -1.42. The van der Waals surface area contributed by atoms with E-state index in [1.807, 2.05) is 54.5 Å². The first-order chi connectivity index (χ1) is 8.79. The third-order valence-electron chi connectivity index (χ3n) is 2.92. The maximum absolute atomic E-state index is 4.36. The van der Waals surface area contributed by atoms with Crippen molar-refractivity contribution in [2.75, 3.05) is 11.6 Å². The smallest absolute Gasteiger partial charge is 0.207 e. The predicted molar refractivity (Wildman–Crippen MR) is 79.5 cm³/mol. The number of hydrogen-bond donors (Lipinski definition) is 1. The van der Waals surface area contributed by atoms with E-state index < -0.39 is 0 Å². The Labute approximate surface area is 113 Å². The molecule has 1 N–H and O–H groups in total. The largest absolute Gasteiger partial charge is 0.326 e. The monoisotopic (exact) mass is 261 g/mol. The zero-order valence-electron chi connectivity index (χ0n) is 10.8. The number of hydrogen-bond acceptors (Lipinski definition) is 3. The van der Waals surface area contributed by atoms with Gasteiger partial charge in [0.25, 0.3) is 0 Å². The number of rotatable bonds is 6. The molecule has 0 radical (unpaired) electrons. The Balaban J connectivity index is 1.99. The zero-order valence-corrected chi connectivity index (χ0v) is 11.7. The summed E-state index contributed by atoms with van der Waals surface area (Å²) in [4.78, 5) is 4.36. The fourth-order valence-corrected chi connectivity index (χ4v) is 2.04. The van der Waals surface area contributed by atoms with Gasteiger partial charge >= 0.3 is 0 Å². The lowest BCUT2D eigenvalue weighted by Gasteiger charge is -2.12. The summed E-state index contributed by atoms with van der Waals surface area (Å²) in [6.07, 6.45) is 7.18. The molecule has 18 heavy (non-hydrogen) atoms. The highest BCUT2D eigenvalue weighted by molar-refractivity contribution is 7.99. The number of aryl methyl sites for hydroxylation is 1. The molecule has 0 spiro atoms. The van der Waals surface area contributed by atoms with Crippen molar-refractivity contribution in [1.29, 1.82) is 0 Å². The van der Waals surface area contributed by atoms with Crippen LogP contribution >= 0.6 is 11.8 Å². The van der Waals surface area contributed by atoms with E-state index in [4.69, 9.17) is 0 Å².